The third kappa shape index (κ3) is 4.25. The molecule has 2 aliphatic rings. The van der Waals surface area contributed by atoms with Crippen molar-refractivity contribution in [3.05, 3.63) is 77.8 Å². The number of nitrogens with zero attached hydrogens (tertiary/aromatic N) is 2. The number of carbonyl (C=O) groups is 1. The molecule has 3 heterocycles. The predicted molar refractivity (Wildman–Crippen MR) is 130 cm³/mol. The molecule has 33 heavy (non-hydrogen) atoms. The highest BCUT2D eigenvalue weighted by Gasteiger charge is 2.44. The van der Waals surface area contributed by atoms with Gasteiger partial charge in [0.1, 0.15) is 17.6 Å². The van der Waals surface area contributed by atoms with Gasteiger partial charge in [-0.3, -0.25) is 4.98 Å². The fourth-order valence-corrected chi connectivity index (χ4v) is 5.40. The highest BCUT2D eigenvalue weighted by atomic mass is 32.1. The van der Waals surface area contributed by atoms with Gasteiger partial charge in [-0.05, 0) is 61.5 Å². The maximum absolute atomic E-state index is 12.0. The van der Waals surface area contributed by atoms with Crippen molar-refractivity contribution in [3.8, 4) is 11.3 Å². The van der Waals surface area contributed by atoms with E-state index in [1.165, 1.54) is 26.4 Å². The SMILES string of the molecule is COC(=O)c1cccc(-c2ccc([C@H]3[C@@H](c4ccccn4)NC(=S)N3C3CCCCC3)o2)c1. The lowest BCUT2D eigenvalue weighted by atomic mass is 9.92. The van der Waals surface area contributed by atoms with Crippen LogP contribution in [0.1, 0.15) is 66.0 Å². The first-order valence-electron chi connectivity index (χ1n) is 11.4. The van der Waals surface area contributed by atoms with Crippen molar-refractivity contribution in [1.29, 1.82) is 0 Å². The number of aromatic nitrogens is 1. The number of furan rings is 1. The Bertz CT molecular complexity index is 1140. The number of methoxy groups -OCH3 is 1. The molecule has 7 heteroatoms. The van der Waals surface area contributed by atoms with Gasteiger partial charge in [-0.15, -0.1) is 0 Å². The molecule has 1 aliphatic carbocycles. The van der Waals surface area contributed by atoms with Crippen molar-refractivity contribution < 1.29 is 13.9 Å². The number of carbonyl (C=O) groups excluding carboxylic acids is 1. The van der Waals surface area contributed by atoms with Crippen molar-refractivity contribution >= 4 is 23.3 Å². The van der Waals surface area contributed by atoms with E-state index in [1.807, 2.05) is 48.7 Å². The largest absolute Gasteiger partial charge is 0.465 e. The second kappa shape index (κ2) is 9.35. The molecular weight excluding hydrogens is 434 g/mol. The second-order valence-corrected chi connectivity index (χ2v) is 8.99. The molecule has 170 valence electrons. The van der Waals surface area contributed by atoms with Crippen molar-refractivity contribution in [3.63, 3.8) is 0 Å². The summed E-state index contributed by atoms with van der Waals surface area (Å²) in [7, 11) is 1.38. The molecule has 5 rings (SSSR count). The number of pyridine rings is 1. The summed E-state index contributed by atoms with van der Waals surface area (Å²) in [4.78, 5) is 18.9. The second-order valence-electron chi connectivity index (χ2n) is 8.60. The molecule has 1 aromatic carbocycles. The molecule has 1 N–H and O–H groups in total. The number of rotatable bonds is 5. The summed E-state index contributed by atoms with van der Waals surface area (Å²) < 4.78 is 11.3. The number of ether oxygens (including phenoxy) is 1. The van der Waals surface area contributed by atoms with E-state index in [0.717, 1.165) is 35.0 Å². The molecule has 6 nitrogen and oxygen atoms in total. The number of hydrogen-bond donors (Lipinski definition) is 1. The summed E-state index contributed by atoms with van der Waals surface area (Å²) in [6.07, 6.45) is 7.78. The van der Waals surface area contributed by atoms with Gasteiger partial charge in [0.05, 0.1) is 24.4 Å². The molecular formula is C26H27N3O3S. The highest BCUT2D eigenvalue weighted by molar-refractivity contribution is 7.80. The van der Waals surface area contributed by atoms with E-state index in [-0.39, 0.29) is 18.1 Å². The quantitative estimate of drug-likeness (QED) is 0.401. The van der Waals surface area contributed by atoms with Crippen LogP contribution in [0.25, 0.3) is 11.3 Å². The predicted octanol–water partition coefficient (Wildman–Crippen LogP) is 5.43. The Morgan fingerprint density at radius 1 is 1.12 bits per heavy atom. The molecule has 0 bridgehead atoms. The van der Waals surface area contributed by atoms with Crippen LogP contribution in [0.2, 0.25) is 0 Å². The Balaban J connectivity index is 1.52. The molecule has 2 fully saturated rings. The van der Waals surface area contributed by atoms with Gasteiger partial charge in [-0.2, -0.15) is 0 Å². The van der Waals surface area contributed by atoms with Gasteiger partial charge in [0.15, 0.2) is 5.11 Å². The molecule has 1 saturated heterocycles. The Morgan fingerprint density at radius 2 is 1.97 bits per heavy atom. The Kier molecular flexibility index (Phi) is 6.13. The summed E-state index contributed by atoms with van der Waals surface area (Å²) in [5.41, 5.74) is 2.26. The van der Waals surface area contributed by atoms with Crippen LogP contribution >= 0.6 is 12.2 Å². The molecule has 2 aromatic heterocycles. The molecule has 0 radical (unpaired) electrons. The lowest BCUT2D eigenvalue weighted by Gasteiger charge is -2.36. The van der Waals surface area contributed by atoms with Crippen molar-refractivity contribution in [2.75, 3.05) is 7.11 Å². The number of nitrogens with one attached hydrogen (secondary N) is 1. The zero-order valence-corrected chi connectivity index (χ0v) is 19.4. The molecule has 1 saturated carbocycles. The first kappa shape index (κ1) is 21.6. The van der Waals surface area contributed by atoms with Gasteiger partial charge >= 0.3 is 5.97 Å². The standard InChI is InChI=1S/C26H27N3O3S/c1-31-25(30)18-9-7-8-17(16-18)21-13-14-22(32-21)24-23(20-12-5-6-15-27-20)28-26(33)29(24)19-10-3-2-4-11-19/h5-9,12-16,19,23-24H,2-4,10-11H2,1H3,(H,28,33)/t23-,24+/m1/s1. The summed E-state index contributed by atoms with van der Waals surface area (Å²) in [5.74, 6) is 1.17. The lowest BCUT2D eigenvalue weighted by Crippen LogP contribution is -2.40. The van der Waals surface area contributed by atoms with Crippen LogP contribution in [-0.4, -0.2) is 34.1 Å². The van der Waals surface area contributed by atoms with Crippen LogP contribution in [0.15, 0.2) is 65.2 Å². The van der Waals surface area contributed by atoms with E-state index in [9.17, 15) is 4.79 Å². The van der Waals surface area contributed by atoms with Gasteiger partial charge < -0.3 is 19.4 Å². The minimum absolute atomic E-state index is 0.0898. The average molecular weight is 462 g/mol. The maximum atomic E-state index is 12.0. The number of thiocarbonyl (C=S) groups is 1. The Morgan fingerprint density at radius 3 is 2.73 bits per heavy atom. The molecule has 3 aromatic rings. The monoisotopic (exact) mass is 461 g/mol. The molecule has 0 unspecified atom stereocenters. The summed E-state index contributed by atoms with van der Waals surface area (Å²) in [6, 6.07) is 17.4. The molecule has 0 spiro atoms. The van der Waals surface area contributed by atoms with Gasteiger partial charge in [0.25, 0.3) is 0 Å². The van der Waals surface area contributed by atoms with Crippen LogP contribution in [0.4, 0.5) is 0 Å². The van der Waals surface area contributed by atoms with E-state index >= 15 is 0 Å². The Labute approximate surface area is 199 Å². The van der Waals surface area contributed by atoms with Crippen LogP contribution in [0.3, 0.4) is 0 Å². The molecule has 1 aliphatic heterocycles. The smallest absolute Gasteiger partial charge is 0.337 e. The number of hydrogen-bond acceptors (Lipinski definition) is 5. The molecule has 0 amide bonds. The third-order valence-corrected chi connectivity index (χ3v) is 6.92. The van der Waals surface area contributed by atoms with Crippen molar-refractivity contribution in [2.45, 2.75) is 50.2 Å². The van der Waals surface area contributed by atoms with Gasteiger partial charge in [0, 0.05) is 17.8 Å². The van der Waals surface area contributed by atoms with Crippen molar-refractivity contribution in [2.24, 2.45) is 0 Å². The first-order chi connectivity index (χ1) is 16.2. The number of esters is 1. The van der Waals surface area contributed by atoms with Gasteiger partial charge in [-0.25, -0.2) is 4.79 Å². The topological polar surface area (TPSA) is 67.6 Å². The minimum Gasteiger partial charge on any atom is -0.465 e. The van der Waals surface area contributed by atoms with Gasteiger partial charge in [0.2, 0.25) is 0 Å². The van der Waals surface area contributed by atoms with Gasteiger partial charge in [-0.1, -0.05) is 37.5 Å². The highest BCUT2D eigenvalue weighted by Crippen LogP contribution is 2.43. The fraction of sp³-hybridized carbons (Fsp3) is 0.346. The van der Waals surface area contributed by atoms with Crippen LogP contribution in [0.5, 0.6) is 0 Å². The van der Waals surface area contributed by atoms with Crippen LogP contribution in [0, 0.1) is 0 Å². The maximum Gasteiger partial charge on any atom is 0.337 e. The normalized spacial score (nSPS) is 21.1. The fourth-order valence-electron chi connectivity index (χ4n) is 5.01. The summed E-state index contributed by atoms with van der Waals surface area (Å²) in [5, 5.41) is 4.28. The van der Waals surface area contributed by atoms with E-state index in [1.54, 1.807) is 12.1 Å². The minimum atomic E-state index is -0.368. The van der Waals surface area contributed by atoms with Crippen molar-refractivity contribution in [1.82, 2.24) is 15.2 Å². The Hall–Kier alpha value is -3.19. The number of benzene rings is 1. The molecule has 2 atom stereocenters. The van der Waals surface area contributed by atoms with Crippen LogP contribution < -0.4 is 5.32 Å². The average Bonchev–Trinajstić information content (AvgIpc) is 3.49. The third-order valence-electron chi connectivity index (χ3n) is 6.59. The van der Waals surface area contributed by atoms with Crippen LogP contribution in [-0.2, 0) is 4.74 Å². The lowest BCUT2D eigenvalue weighted by molar-refractivity contribution is 0.0601. The van der Waals surface area contributed by atoms with E-state index in [0.29, 0.717) is 17.4 Å². The first-order valence-corrected chi connectivity index (χ1v) is 11.8. The summed E-state index contributed by atoms with van der Waals surface area (Å²) in [6.45, 7) is 0. The van der Waals surface area contributed by atoms with E-state index in [4.69, 9.17) is 21.4 Å². The zero-order valence-electron chi connectivity index (χ0n) is 18.6. The zero-order chi connectivity index (χ0) is 22.8. The van der Waals surface area contributed by atoms with E-state index < -0.39 is 0 Å². The van der Waals surface area contributed by atoms with E-state index in [2.05, 4.69) is 15.2 Å². The summed E-state index contributed by atoms with van der Waals surface area (Å²) >= 11 is 5.83.